The van der Waals surface area contributed by atoms with Gasteiger partial charge < -0.3 is 0 Å². The van der Waals surface area contributed by atoms with Gasteiger partial charge in [0.05, 0.1) is 24.5 Å². The summed E-state index contributed by atoms with van der Waals surface area (Å²) in [7, 11) is 0. The Morgan fingerprint density at radius 1 is 1.27 bits per heavy atom. The summed E-state index contributed by atoms with van der Waals surface area (Å²) in [6.45, 7) is 0. The summed E-state index contributed by atoms with van der Waals surface area (Å²) in [6.07, 6.45) is 4.34. The molecule has 0 radical (unpaired) electrons. The fourth-order valence-corrected chi connectivity index (χ4v) is 1.98. The van der Waals surface area contributed by atoms with Crippen LogP contribution in [0.4, 0.5) is 0 Å². The SMILES string of the molecule is N#CCC(C#N)C1C=Cc2ccccc21. The second-order valence-electron chi connectivity index (χ2n) is 3.61. The molecular formula is C13H10N2. The number of allylic oxidation sites excluding steroid dienone is 1. The van der Waals surface area contributed by atoms with Gasteiger partial charge in [0.1, 0.15) is 0 Å². The lowest BCUT2D eigenvalue weighted by Gasteiger charge is -2.13. The molecule has 1 aliphatic carbocycles. The van der Waals surface area contributed by atoms with Crippen LogP contribution in [0.3, 0.4) is 0 Å². The van der Waals surface area contributed by atoms with Crippen LogP contribution >= 0.6 is 0 Å². The first-order valence-electron chi connectivity index (χ1n) is 4.90. The topological polar surface area (TPSA) is 47.6 Å². The number of benzene rings is 1. The molecule has 2 unspecified atom stereocenters. The van der Waals surface area contributed by atoms with Crippen molar-refractivity contribution in [3.8, 4) is 12.1 Å². The molecule has 0 spiro atoms. The van der Waals surface area contributed by atoms with E-state index in [0.29, 0.717) is 6.42 Å². The van der Waals surface area contributed by atoms with Gasteiger partial charge >= 0.3 is 0 Å². The number of fused-ring (bicyclic) bond motifs is 1. The number of nitriles is 2. The smallest absolute Gasteiger partial charge is 0.0696 e. The molecule has 1 aliphatic rings. The van der Waals surface area contributed by atoms with Crippen LogP contribution in [0, 0.1) is 28.6 Å². The summed E-state index contributed by atoms with van der Waals surface area (Å²) in [5.74, 6) is -0.138. The highest BCUT2D eigenvalue weighted by atomic mass is 14.3. The normalized spacial score (nSPS) is 18.9. The van der Waals surface area contributed by atoms with Gasteiger partial charge in [-0.3, -0.25) is 0 Å². The molecule has 2 heteroatoms. The zero-order chi connectivity index (χ0) is 10.7. The molecule has 1 aromatic carbocycles. The molecule has 0 bridgehead atoms. The first-order chi connectivity index (χ1) is 7.36. The second-order valence-corrected chi connectivity index (χ2v) is 3.61. The number of hydrogen-bond donors (Lipinski definition) is 0. The van der Waals surface area contributed by atoms with Crippen LogP contribution in [-0.2, 0) is 0 Å². The Labute approximate surface area is 89.1 Å². The van der Waals surface area contributed by atoms with Crippen LogP contribution in [0.25, 0.3) is 6.08 Å². The van der Waals surface area contributed by atoms with Crippen LogP contribution < -0.4 is 0 Å². The average Bonchev–Trinajstić information content (AvgIpc) is 2.70. The summed E-state index contributed by atoms with van der Waals surface area (Å²) in [6, 6.07) is 12.3. The van der Waals surface area contributed by atoms with Crippen LogP contribution in [0.1, 0.15) is 23.5 Å². The third kappa shape index (κ3) is 1.63. The standard InChI is InChI=1S/C13H10N2/c14-8-7-11(9-15)13-6-5-10-3-1-2-4-12(10)13/h1-6,11,13H,7H2. The van der Waals surface area contributed by atoms with E-state index in [1.54, 1.807) is 0 Å². The van der Waals surface area contributed by atoms with E-state index in [1.165, 1.54) is 11.1 Å². The summed E-state index contributed by atoms with van der Waals surface area (Å²) in [5.41, 5.74) is 2.33. The van der Waals surface area contributed by atoms with Gasteiger partial charge in [-0.1, -0.05) is 36.4 Å². The van der Waals surface area contributed by atoms with E-state index in [9.17, 15) is 0 Å². The molecule has 0 aromatic heterocycles. The summed E-state index contributed by atoms with van der Waals surface area (Å²) < 4.78 is 0. The lowest BCUT2D eigenvalue weighted by Crippen LogP contribution is -2.07. The van der Waals surface area contributed by atoms with Gasteiger partial charge in [0.25, 0.3) is 0 Å². The first kappa shape index (κ1) is 9.49. The molecule has 0 fully saturated rings. The van der Waals surface area contributed by atoms with E-state index in [-0.39, 0.29) is 11.8 Å². The Morgan fingerprint density at radius 2 is 2.07 bits per heavy atom. The Hall–Kier alpha value is -2.06. The molecule has 72 valence electrons. The van der Waals surface area contributed by atoms with Gasteiger partial charge in [-0.05, 0) is 11.1 Å². The Morgan fingerprint density at radius 3 is 2.80 bits per heavy atom. The highest BCUT2D eigenvalue weighted by Gasteiger charge is 2.25. The lowest BCUT2D eigenvalue weighted by atomic mass is 9.87. The second kappa shape index (κ2) is 3.98. The minimum Gasteiger partial charge on any atom is -0.198 e. The summed E-state index contributed by atoms with van der Waals surface area (Å²) >= 11 is 0. The van der Waals surface area contributed by atoms with E-state index < -0.39 is 0 Å². The van der Waals surface area contributed by atoms with Gasteiger partial charge in [0, 0.05) is 5.92 Å². The van der Waals surface area contributed by atoms with Gasteiger partial charge in [0.15, 0.2) is 0 Å². The Kier molecular flexibility index (Phi) is 2.52. The predicted molar refractivity (Wildman–Crippen MR) is 57.6 cm³/mol. The fraction of sp³-hybridized carbons (Fsp3) is 0.231. The molecule has 1 aromatic rings. The minimum absolute atomic E-state index is 0.0887. The number of nitrogens with zero attached hydrogens (tertiary/aromatic N) is 2. The van der Waals surface area contributed by atoms with Crippen molar-refractivity contribution in [3.63, 3.8) is 0 Å². The molecule has 0 saturated heterocycles. The van der Waals surface area contributed by atoms with Crippen molar-refractivity contribution in [2.24, 2.45) is 5.92 Å². The fourth-order valence-electron chi connectivity index (χ4n) is 1.98. The van der Waals surface area contributed by atoms with E-state index in [1.807, 2.05) is 36.4 Å². The molecule has 2 atom stereocenters. The maximum absolute atomic E-state index is 9.01. The van der Waals surface area contributed by atoms with Crippen molar-refractivity contribution < 1.29 is 0 Å². The number of hydrogen-bond acceptors (Lipinski definition) is 2. The third-order valence-corrected chi connectivity index (χ3v) is 2.75. The van der Waals surface area contributed by atoms with E-state index >= 15 is 0 Å². The highest BCUT2D eigenvalue weighted by Crippen LogP contribution is 2.36. The Bertz CT molecular complexity index is 474. The van der Waals surface area contributed by atoms with Crippen molar-refractivity contribution in [3.05, 3.63) is 41.5 Å². The van der Waals surface area contributed by atoms with Gasteiger partial charge in [-0.15, -0.1) is 0 Å². The Balaban J connectivity index is 2.32. The van der Waals surface area contributed by atoms with Crippen molar-refractivity contribution in [1.29, 1.82) is 10.5 Å². The maximum atomic E-state index is 9.01. The zero-order valence-electron chi connectivity index (χ0n) is 8.22. The summed E-state index contributed by atoms with van der Waals surface area (Å²) in [4.78, 5) is 0. The lowest BCUT2D eigenvalue weighted by molar-refractivity contribution is 0.616. The minimum atomic E-state index is -0.227. The molecule has 0 heterocycles. The van der Waals surface area contributed by atoms with Crippen LogP contribution in [0.15, 0.2) is 30.3 Å². The molecule has 2 nitrogen and oxygen atoms in total. The maximum Gasteiger partial charge on any atom is 0.0696 e. The van der Waals surface area contributed by atoms with Gasteiger partial charge in [-0.25, -0.2) is 0 Å². The molecule has 0 N–H and O–H groups in total. The van der Waals surface area contributed by atoms with Crippen molar-refractivity contribution in [2.45, 2.75) is 12.3 Å². The van der Waals surface area contributed by atoms with Crippen molar-refractivity contribution in [1.82, 2.24) is 0 Å². The van der Waals surface area contributed by atoms with Crippen LogP contribution in [0.2, 0.25) is 0 Å². The van der Waals surface area contributed by atoms with Crippen molar-refractivity contribution in [2.75, 3.05) is 0 Å². The molecule has 0 aliphatic heterocycles. The van der Waals surface area contributed by atoms with E-state index in [2.05, 4.69) is 12.1 Å². The molecule has 2 rings (SSSR count). The quantitative estimate of drug-likeness (QED) is 0.726. The van der Waals surface area contributed by atoms with E-state index in [0.717, 1.165) is 0 Å². The third-order valence-electron chi connectivity index (χ3n) is 2.75. The van der Waals surface area contributed by atoms with Crippen LogP contribution in [-0.4, -0.2) is 0 Å². The monoisotopic (exact) mass is 194 g/mol. The molecular weight excluding hydrogens is 184 g/mol. The average molecular weight is 194 g/mol. The van der Waals surface area contributed by atoms with Gasteiger partial charge in [-0.2, -0.15) is 10.5 Å². The largest absolute Gasteiger partial charge is 0.198 e. The summed E-state index contributed by atoms with van der Waals surface area (Å²) in [5, 5.41) is 17.7. The molecule has 0 saturated carbocycles. The van der Waals surface area contributed by atoms with Crippen LogP contribution in [0.5, 0.6) is 0 Å². The predicted octanol–water partition coefficient (Wildman–Crippen LogP) is 2.85. The molecule has 0 amide bonds. The van der Waals surface area contributed by atoms with Gasteiger partial charge in [0.2, 0.25) is 0 Å². The molecule has 15 heavy (non-hydrogen) atoms. The first-order valence-corrected chi connectivity index (χ1v) is 4.90. The highest BCUT2D eigenvalue weighted by molar-refractivity contribution is 5.62. The van der Waals surface area contributed by atoms with Crippen molar-refractivity contribution >= 4 is 6.08 Å². The number of rotatable bonds is 2. The van der Waals surface area contributed by atoms with E-state index in [4.69, 9.17) is 10.5 Å². The zero-order valence-corrected chi connectivity index (χ0v) is 8.22.